The van der Waals surface area contributed by atoms with E-state index in [0.717, 1.165) is 25.7 Å². The second-order valence-electron chi connectivity index (χ2n) is 7.35. The van der Waals surface area contributed by atoms with E-state index < -0.39 is 5.97 Å². The fourth-order valence-corrected chi connectivity index (χ4v) is 3.02. The van der Waals surface area contributed by atoms with Crippen molar-refractivity contribution in [2.75, 3.05) is 26.3 Å². The second kappa shape index (κ2) is 25.4. The van der Waals surface area contributed by atoms with Crippen LogP contribution in [-0.2, 0) is 4.79 Å². The molecule has 0 saturated heterocycles. The highest BCUT2D eigenvalue weighted by Crippen LogP contribution is 2.19. The molecule has 0 aliphatic rings. The van der Waals surface area contributed by atoms with E-state index in [9.17, 15) is 9.90 Å². The van der Waals surface area contributed by atoms with Gasteiger partial charge >= 0.3 is 5.97 Å². The third-order valence-corrected chi connectivity index (χ3v) is 4.74. The average molecular weight is 390 g/mol. The maximum absolute atomic E-state index is 11.2. The highest BCUT2D eigenvalue weighted by atomic mass is 16.4. The molecule has 164 valence electrons. The van der Waals surface area contributed by atoms with Crippen LogP contribution in [0.25, 0.3) is 0 Å². The number of carbonyl (C=O) groups is 1. The van der Waals surface area contributed by atoms with Crippen LogP contribution in [0.3, 0.4) is 0 Å². The summed E-state index contributed by atoms with van der Waals surface area (Å²) in [4.78, 5) is 11.2. The Kier molecular flexibility index (Phi) is 26.8. The van der Waals surface area contributed by atoms with Crippen molar-refractivity contribution in [2.45, 2.75) is 104 Å². The van der Waals surface area contributed by atoms with E-state index in [1.54, 1.807) is 0 Å². The first kappa shape index (κ1) is 28.6. The summed E-state index contributed by atoms with van der Waals surface area (Å²) >= 11 is 0. The zero-order valence-electron chi connectivity index (χ0n) is 18.1. The zero-order chi connectivity index (χ0) is 20.6. The number of unbranched alkanes of at least 4 members (excludes halogenated alkanes) is 10. The van der Waals surface area contributed by atoms with Crippen LogP contribution in [0.4, 0.5) is 0 Å². The van der Waals surface area contributed by atoms with Crippen LogP contribution in [0, 0.1) is 5.92 Å². The monoisotopic (exact) mass is 389 g/mol. The molecule has 1 unspecified atom stereocenters. The number of aliphatic hydroxyl groups excluding tert-OH is 2. The molecule has 0 rings (SSSR count). The number of hydrogen-bond acceptors (Lipinski definition) is 4. The minimum absolute atomic E-state index is 0.0905. The Bertz CT molecular complexity index is 283. The van der Waals surface area contributed by atoms with Crippen molar-refractivity contribution < 1.29 is 20.1 Å². The Balaban J connectivity index is 0. The van der Waals surface area contributed by atoms with E-state index in [0.29, 0.717) is 13.1 Å². The van der Waals surface area contributed by atoms with Gasteiger partial charge in [-0.3, -0.25) is 4.79 Å². The minimum Gasteiger partial charge on any atom is -0.481 e. The summed E-state index contributed by atoms with van der Waals surface area (Å²) in [5.74, 6) is -0.668. The summed E-state index contributed by atoms with van der Waals surface area (Å²) in [5, 5.41) is 28.3. The molecule has 0 fully saturated rings. The van der Waals surface area contributed by atoms with Crippen molar-refractivity contribution in [1.82, 2.24) is 5.32 Å². The Morgan fingerprint density at radius 2 is 1.07 bits per heavy atom. The molecule has 5 heteroatoms. The molecule has 0 aromatic heterocycles. The Morgan fingerprint density at radius 3 is 1.41 bits per heavy atom. The molecule has 0 aromatic carbocycles. The standard InChI is InChI=1S/C18H36O2.C4H11NO2/c1-3-5-7-9-10-12-14-16-17(18(19)20)15-13-11-8-6-4-2;6-3-1-5-2-4-7/h17H,3-16H2,1-2H3,(H,19,20);5-7H,1-4H2. The first-order valence-electron chi connectivity index (χ1n) is 11.3. The molecule has 0 aromatic rings. The Morgan fingerprint density at radius 1 is 0.704 bits per heavy atom. The fraction of sp³-hybridized carbons (Fsp3) is 0.955. The molecule has 0 spiro atoms. The predicted molar refractivity (Wildman–Crippen MR) is 114 cm³/mol. The zero-order valence-corrected chi connectivity index (χ0v) is 18.1. The highest BCUT2D eigenvalue weighted by molar-refractivity contribution is 5.69. The average Bonchev–Trinajstić information content (AvgIpc) is 2.66. The van der Waals surface area contributed by atoms with Gasteiger partial charge in [0, 0.05) is 13.1 Å². The van der Waals surface area contributed by atoms with E-state index in [-0.39, 0.29) is 19.1 Å². The van der Waals surface area contributed by atoms with E-state index in [1.165, 1.54) is 64.2 Å². The molecule has 5 nitrogen and oxygen atoms in total. The van der Waals surface area contributed by atoms with Crippen LogP contribution in [-0.4, -0.2) is 47.6 Å². The first-order valence-corrected chi connectivity index (χ1v) is 11.3. The largest absolute Gasteiger partial charge is 0.481 e. The highest BCUT2D eigenvalue weighted by Gasteiger charge is 2.16. The predicted octanol–water partition coefficient (Wildman–Crippen LogP) is 4.75. The lowest BCUT2D eigenvalue weighted by Crippen LogP contribution is -2.21. The molecule has 0 radical (unpaired) electrons. The van der Waals surface area contributed by atoms with Crippen LogP contribution in [0.1, 0.15) is 104 Å². The van der Waals surface area contributed by atoms with Gasteiger partial charge < -0.3 is 20.6 Å². The summed E-state index contributed by atoms with van der Waals surface area (Å²) < 4.78 is 0. The fourth-order valence-electron chi connectivity index (χ4n) is 3.02. The summed E-state index contributed by atoms with van der Waals surface area (Å²) in [6, 6.07) is 0. The van der Waals surface area contributed by atoms with Crippen molar-refractivity contribution in [2.24, 2.45) is 5.92 Å². The summed E-state index contributed by atoms with van der Waals surface area (Å²) in [6.07, 6.45) is 16.8. The molecule has 0 aliphatic heterocycles. The number of hydrogen-bond donors (Lipinski definition) is 4. The molecule has 0 amide bonds. The van der Waals surface area contributed by atoms with Crippen molar-refractivity contribution in [3.63, 3.8) is 0 Å². The van der Waals surface area contributed by atoms with Crippen LogP contribution < -0.4 is 5.32 Å². The van der Waals surface area contributed by atoms with Crippen molar-refractivity contribution >= 4 is 5.97 Å². The van der Waals surface area contributed by atoms with Crippen molar-refractivity contribution in [1.29, 1.82) is 0 Å². The van der Waals surface area contributed by atoms with E-state index in [1.807, 2.05) is 0 Å². The van der Waals surface area contributed by atoms with Gasteiger partial charge in [-0.1, -0.05) is 90.9 Å². The number of nitrogens with one attached hydrogen (secondary N) is 1. The van der Waals surface area contributed by atoms with E-state index in [2.05, 4.69) is 19.2 Å². The number of aliphatic hydroxyl groups is 2. The Labute approximate surface area is 168 Å². The first-order chi connectivity index (χ1) is 13.1. The second-order valence-corrected chi connectivity index (χ2v) is 7.35. The van der Waals surface area contributed by atoms with Gasteiger partial charge in [0.05, 0.1) is 19.1 Å². The van der Waals surface area contributed by atoms with E-state index >= 15 is 0 Å². The van der Waals surface area contributed by atoms with Crippen LogP contribution in [0.2, 0.25) is 0 Å². The number of rotatable bonds is 19. The van der Waals surface area contributed by atoms with Gasteiger partial charge in [0.15, 0.2) is 0 Å². The lowest BCUT2D eigenvalue weighted by molar-refractivity contribution is -0.142. The molecule has 27 heavy (non-hydrogen) atoms. The maximum atomic E-state index is 11.2. The normalized spacial score (nSPS) is 11.7. The van der Waals surface area contributed by atoms with Gasteiger partial charge in [0.1, 0.15) is 0 Å². The molecule has 0 heterocycles. The molecule has 4 N–H and O–H groups in total. The molecule has 0 saturated carbocycles. The molecule has 0 aliphatic carbocycles. The molecular weight excluding hydrogens is 342 g/mol. The topological polar surface area (TPSA) is 89.8 Å². The number of carboxylic acids is 1. The molecule has 1 atom stereocenters. The lowest BCUT2D eigenvalue weighted by Gasteiger charge is -2.12. The van der Waals surface area contributed by atoms with Gasteiger partial charge in [-0.05, 0) is 12.8 Å². The summed E-state index contributed by atoms with van der Waals surface area (Å²) in [6.45, 7) is 5.86. The van der Waals surface area contributed by atoms with Crippen LogP contribution in [0.15, 0.2) is 0 Å². The lowest BCUT2D eigenvalue weighted by atomic mass is 9.94. The van der Waals surface area contributed by atoms with Gasteiger partial charge in [0.25, 0.3) is 0 Å². The number of aliphatic carboxylic acids is 1. The molecular formula is C22H47NO4. The Hall–Kier alpha value is -0.650. The minimum atomic E-state index is -0.577. The van der Waals surface area contributed by atoms with Gasteiger partial charge in [-0.25, -0.2) is 0 Å². The van der Waals surface area contributed by atoms with Crippen LogP contribution in [0.5, 0.6) is 0 Å². The third-order valence-electron chi connectivity index (χ3n) is 4.74. The van der Waals surface area contributed by atoms with Crippen molar-refractivity contribution in [3.05, 3.63) is 0 Å². The number of carboxylic acid groups (broad SMARTS) is 1. The van der Waals surface area contributed by atoms with Gasteiger partial charge in [-0.15, -0.1) is 0 Å². The third kappa shape index (κ3) is 25.3. The summed E-state index contributed by atoms with van der Waals surface area (Å²) in [7, 11) is 0. The van der Waals surface area contributed by atoms with Gasteiger partial charge in [0.2, 0.25) is 0 Å². The van der Waals surface area contributed by atoms with Crippen molar-refractivity contribution in [3.8, 4) is 0 Å². The summed E-state index contributed by atoms with van der Waals surface area (Å²) in [5.41, 5.74) is 0. The quantitative estimate of drug-likeness (QED) is 0.239. The SMILES string of the molecule is CCCCCCCCCC(CCCCCCC)C(=O)O.OCCNCCO. The molecule has 0 bridgehead atoms. The smallest absolute Gasteiger partial charge is 0.306 e. The van der Waals surface area contributed by atoms with Crippen LogP contribution >= 0.6 is 0 Å². The van der Waals surface area contributed by atoms with Gasteiger partial charge in [-0.2, -0.15) is 0 Å². The van der Waals surface area contributed by atoms with E-state index in [4.69, 9.17) is 10.2 Å². The maximum Gasteiger partial charge on any atom is 0.306 e.